The van der Waals surface area contributed by atoms with Gasteiger partial charge in [-0.2, -0.15) is 0 Å². The minimum Gasteiger partial charge on any atom is -0.455 e. The predicted molar refractivity (Wildman–Crippen MR) is 79.4 cm³/mol. The van der Waals surface area contributed by atoms with Crippen LogP contribution in [0.15, 0.2) is 30.5 Å². The molecular formula is C16H18FN3O3. The van der Waals surface area contributed by atoms with Gasteiger partial charge in [0.1, 0.15) is 11.9 Å². The van der Waals surface area contributed by atoms with Crippen LogP contribution in [0.5, 0.6) is 0 Å². The molecule has 1 fully saturated rings. The predicted octanol–water partition coefficient (Wildman–Crippen LogP) is 2.19. The fourth-order valence-corrected chi connectivity index (χ4v) is 2.79. The largest absolute Gasteiger partial charge is 0.455 e. The summed E-state index contributed by atoms with van der Waals surface area (Å²) in [5.74, 6) is -0.821. The van der Waals surface area contributed by atoms with Gasteiger partial charge in [-0.05, 0) is 37.0 Å². The zero-order chi connectivity index (χ0) is 16.2. The average molecular weight is 319 g/mol. The Hall–Kier alpha value is -2.28. The van der Waals surface area contributed by atoms with Gasteiger partial charge in [0.2, 0.25) is 0 Å². The highest BCUT2D eigenvalue weighted by Gasteiger charge is 2.31. The molecule has 1 heterocycles. The van der Waals surface area contributed by atoms with E-state index in [4.69, 9.17) is 9.47 Å². The highest BCUT2D eigenvalue weighted by molar-refractivity contribution is 5.86. The molecule has 0 bridgehead atoms. The van der Waals surface area contributed by atoms with Gasteiger partial charge in [0.25, 0.3) is 0 Å². The minimum absolute atomic E-state index is 0.0544. The van der Waals surface area contributed by atoms with E-state index in [-0.39, 0.29) is 23.7 Å². The van der Waals surface area contributed by atoms with Gasteiger partial charge in [-0.3, -0.25) is 0 Å². The summed E-state index contributed by atoms with van der Waals surface area (Å²) in [6, 6.07) is 6.20. The van der Waals surface area contributed by atoms with E-state index in [1.807, 2.05) is 0 Å². The number of rotatable bonds is 5. The summed E-state index contributed by atoms with van der Waals surface area (Å²) in [5.41, 5.74) is 0.883. The van der Waals surface area contributed by atoms with E-state index in [1.54, 1.807) is 19.2 Å². The van der Waals surface area contributed by atoms with Gasteiger partial charge in [-0.25, -0.2) is 13.9 Å². The van der Waals surface area contributed by atoms with Crippen molar-refractivity contribution in [1.82, 2.24) is 15.0 Å². The topological polar surface area (TPSA) is 66.2 Å². The highest BCUT2D eigenvalue weighted by atomic mass is 19.1. The first-order valence-corrected chi connectivity index (χ1v) is 7.54. The molecule has 2 aromatic rings. The van der Waals surface area contributed by atoms with Crippen molar-refractivity contribution in [2.24, 2.45) is 0 Å². The number of hydrogen-bond acceptors (Lipinski definition) is 5. The molecule has 7 heteroatoms. The van der Waals surface area contributed by atoms with Crippen LogP contribution < -0.4 is 0 Å². The molecule has 0 amide bonds. The molecular weight excluding hydrogens is 301 g/mol. The maximum atomic E-state index is 13.2. The van der Waals surface area contributed by atoms with Crippen molar-refractivity contribution in [2.75, 3.05) is 7.11 Å². The van der Waals surface area contributed by atoms with Gasteiger partial charge >= 0.3 is 5.97 Å². The molecule has 1 aliphatic rings. The Balaban J connectivity index is 1.63. The molecule has 3 rings (SSSR count). The Kier molecular flexibility index (Phi) is 4.66. The molecule has 122 valence electrons. The lowest BCUT2D eigenvalue weighted by Gasteiger charge is -2.17. The number of methoxy groups -OCH3 is 1. The normalized spacial score (nSPS) is 20.6. The zero-order valence-corrected chi connectivity index (χ0v) is 12.8. The number of benzene rings is 1. The standard InChI is InChI=1S/C16H18FN3O3/c1-22-14-6-3-7-15(14)23-16(21)13-10-20(19-18-13)9-11-4-2-5-12(17)8-11/h2,4-5,8,10,14-15H,3,6-7,9H2,1H3/t14-,15-/m1/s1. The van der Waals surface area contributed by atoms with Gasteiger partial charge in [0.05, 0.1) is 18.8 Å². The number of carbonyl (C=O) groups excluding carboxylic acids is 1. The fourth-order valence-electron chi connectivity index (χ4n) is 2.79. The van der Waals surface area contributed by atoms with Crippen LogP contribution in [0.3, 0.4) is 0 Å². The smallest absolute Gasteiger partial charge is 0.360 e. The lowest BCUT2D eigenvalue weighted by molar-refractivity contribution is -0.0210. The summed E-state index contributed by atoms with van der Waals surface area (Å²) in [7, 11) is 1.62. The van der Waals surface area contributed by atoms with Crippen LogP contribution in [0, 0.1) is 5.82 Å². The van der Waals surface area contributed by atoms with E-state index in [0.29, 0.717) is 6.54 Å². The molecule has 1 aromatic carbocycles. The van der Waals surface area contributed by atoms with E-state index in [1.165, 1.54) is 23.0 Å². The second kappa shape index (κ2) is 6.87. The molecule has 1 aromatic heterocycles. The monoisotopic (exact) mass is 319 g/mol. The first-order valence-electron chi connectivity index (χ1n) is 7.54. The van der Waals surface area contributed by atoms with E-state index >= 15 is 0 Å². The van der Waals surface area contributed by atoms with Crippen molar-refractivity contribution in [1.29, 1.82) is 0 Å². The summed E-state index contributed by atoms with van der Waals surface area (Å²) >= 11 is 0. The Labute approximate surface area is 133 Å². The van der Waals surface area contributed by atoms with Gasteiger partial charge in [-0.1, -0.05) is 17.3 Å². The number of esters is 1. The van der Waals surface area contributed by atoms with Crippen LogP contribution in [-0.2, 0) is 16.0 Å². The molecule has 0 aliphatic heterocycles. The summed E-state index contributed by atoms with van der Waals surface area (Å²) in [4.78, 5) is 12.1. The third kappa shape index (κ3) is 3.73. The Bertz CT molecular complexity index is 689. The van der Waals surface area contributed by atoms with E-state index in [9.17, 15) is 9.18 Å². The molecule has 2 atom stereocenters. The lowest BCUT2D eigenvalue weighted by Crippen LogP contribution is -2.27. The summed E-state index contributed by atoms with van der Waals surface area (Å²) in [6.45, 7) is 0.335. The number of ether oxygens (including phenoxy) is 2. The zero-order valence-electron chi connectivity index (χ0n) is 12.8. The summed E-state index contributed by atoms with van der Waals surface area (Å²) < 4.78 is 25.4. The Morgan fingerprint density at radius 2 is 2.22 bits per heavy atom. The van der Waals surface area contributed by atoms with Crippen LogP contribution in [0.4, 0.5) is 4.39 Å². The van der Waals surface area contributed by atoms with E-state index < -0.39 is 5.97 Å². The molecule has 6 nitrogen and oxygen atoms in total. The van der Waals surface area contributed by atoms with Crippen LogP contribution in [0.2, 0.25) is 0 Å². The minimum atomic E-state index is -0.510. The maximum Gasteiger partial charge on any atom is 0.360 e. The van der Waals surface area contributed by atoms with E-state index in [2.05, 4.69) is 10.3 Å². The molecule has 0 spiro atoms. The first kappa shape index (κ1) is 15.6. The number of carbonyl (C=O) groups is 1. The molecule has 0 unspecified atom stereocenters. The molecule has 0 N–H and O–H groups in total. The van der Waals surface area contributed by atoms with Crippen molar-refractivity contribution in [2.45, 2.75) is 38.0 Å². The quantitative estimate of drug-likeness (QED) is 0.790. The third-order valence-electron chi connectivity index (χ3n) is 3.93. The third-order valence-corrected chi connectivity index (χ3v) is 3.93. The number of hydrogen-bond donors (Lipinski definition) is 0. The van der Waals surface area contributed by atoms with Gasteiger partial charge in [-0.15, -0.1) is 5.10 Å². The molecule has 1 aliphatic carbocycles. The molecule has 0 radical (unpaired) electrons. The van der Waals surface area contributed by atoms with Crippen molar-refractivity contribution >= 4 is 5.97 Å². The molecule has 23 heavy (non-hydrogen) atoms. The van der Waals surface area contributed by atoms with Crippen LogP contribution >= 0.6 is 0 Å². The van der Waals surface area contributed by atoms with Crippen molar-refractivity contribution in [3.8, 4) is 0 Å². The Morgan fingerprint density at radius 1 is 1.39 bits per heavy atom. The summed E-state index contributed by atoms with van der Waals surface area (Å²) in [6.07, 6.45) is 3.87. The molecule has 0 saturated heterocycles. The van der Waals surface area contributed by atoms with E-state index in [0.717, 1.165) is 24.8 Å². The Morgan fingerprint density at radius 3 is 3.00 bits per heavy atom. The highest BCUT2D eigenvalue weighted by Crippen LogP contribution is 2.25. The maximum absolute atomic E-state index is 13.2. The van der Waals surface area contributed by atoms with Crippen molar-refractivity contribution in [3.05, 3.63) is 47.5 Å². The lowest BCUT2D eigenvalue weighted by atomic mass is 10.2. The van der Waals surface area contributed by atoms with Gasteiger partial charge < -0.3 is 9.47 Å². The van der Waals surface area contributed by atoms with Crippen LogP contribution in [0.1, 0.15) is 35.3 Å². The SMILES string of the molecule is CO[C@@H]1CCC[C@H]1OC(=O)c1cn(Cc2cccc(F)c2)nn1. The second-order valence-corrected chi connectivity index (χ2v) is 5.58. The fraction of sp³-hybridized carbons (Fsp3) is 0.438. The second-order valence-electron chi connectivity index (χ2n) is 5.58. The van der Waals surface area contributed by atoms with Crippen molar-refractivity contribution in [3.63, 3.8) is 0 Å². The van der Waals surface area contributed by atoms with Crippen LogP contribution in [-0.4, -0.2) is 40.3 Å². The number of aromatic nitrogens is 3. The summed E-state index contributed by atoms with van der Waals surface area (Å²) in [5, 5.41) is 7.72. The molecule has 1 saturated carbocycles. The van der Waals surface area contributed by atoms with Gasteiger partial charge in [0, 0.05) is 7.11 Å². The average Bonchev–Trinajstić information content (AvgIpc) is 3.16. The first-order chi connectivity index (χ1) is 11.2. The van der Waals surface area contributed by atoms with Crippen molar-refractivity contribution < 1.29 is 18.7 Å². The number of halogens is 1. The number of nitrogens with zero attached hydrogens (tertiary/aromatic N) is 3. The van der Waals surface area contributed by atoms with Gasteiger partial charge in [0.15, 0.2) is 5.69 Å². The van der Waals surface area contributed by atoms with Crippen LogP contribution in [0.25, 0.3) is 0 Å².